The molecule has 126 valence electrons. The summed E-state index contributed by atoms with van der Waals surface area (Å²) in [6, 6.07) is 9.29. The van der Waals surface area contributed by atoms with Gasteiger partial charge in [0, 0.05) is 19.8 Å². The predicted molar refractivity (Wildman–Crippen MR) is 84.9 cm³/mol. The summed E-state index contributed by atoms with van der Waals surface area (Å²) in [6.45, 7) is -0.112. The molecule has 0 spiro atoms. The number of hydrogen-bond acceptors (Lipinski definition) is 3. The van der Waals surface area contributed by atoms with Crippen LogP contribution in [0.3, 0.4) is 0 Å². The van der Waals surface area contributed by atoms with Crippen LogP contribution in [0.2, 0.25) is 0 Å². The van der Waals surface area contributed by atoms with E-state index in [-0.39, 0.29) is 12.5 Å². The summed E-state index contributed by atoms with van der Waals surface area (Å²) in [4.78, 5) is 24.8. The van der Waals surface area contributed by atoms with Crippen LogP contribution < -0.4 is 10.1 Å². The van der Waals surface area contributed by atoms with Gasteiger partial charge in [-0.05, 0) is 36.4 Å². The molecule has 24 heavy (non-hydrogen) atoms. The maximum absolute atomic E-state index is 13.6. The number of likely N-dealkylation sites (N-methyl/N-ethyl adjacent to an activating group) is 1. The molecule has 0 aliphatic rings. The van der Waals surface area contributed by atoms with E-state index in [2.05, 4.69) is 5.32 Å². The minimum atomic E-state index is -0.936. The van der Waals surface area contributed by atoms with Crippen LogP contribution in [-0.2, 0) is 4.79 Å². The highest BCUT2D eigenvalue weighted by Gasteiger charge is 2.17. The van der Waals surface area contributed by atoms with Crippen molar-refractivity contribution in [2.75, 3.05) is 26.0 Å². The molecule has 0 radical (unpaired) electrons. The third-order valence-electron chi connectivity index (χ3n) is 3.16. The van der Waals surface area contributed by atoms with E-state index in [9.17, 15) is 18.4 Å². The van der Waals surface area contributed by atoms with Gasteiger partial charge in [0.15, 0.2) is 6.61 Å². The average Bonchev–Trinajstić information content (AvgIpc) is 2.53. The Balaban J connectivity index is 2.01. The third-order valence-corrected chi connectivity index (χ3v) is 3.16. The Morgan fingerprint density at radius 1 is 1.04 bits per heavy atom. The molecule has 0 unspecified atom stereocenters. The fourth-order valence-electron chi connectivity index (χ4n) is 1.82. The van der Waals surface area contributed by atoms with Crippen LogP contribution in [0.15, 0.2) is 42.5 Å². The Labute approximate surface area is 137 Å². The second-order valence-electron chi connectivity index (χ2n) is 5.15. The standard InChI is InChI=1S/C17H16F2N2O3/c1-21(2)15(22)10-24-12-8-6-11(7-9-12)20-17(23)16-13(18)4-3-5-14(16)19/h3-9H,10H2,1-2H3,(H,20,23). The molecule has 0 saturated carbocycles. The molecular weight excluding hydrogens is 318 g/mol. The van der Waals surface area contributed by atoms with Crippen LogP contribution >= 0.6 is 0 Å². The molecule has 7 heteroatoms. The molecule has 0 fully saturated rings. The van der Waals surface area contributed by atoms with Crippen LogP contribution in [0.25, 0.3) is 0 Å². The Kier molecular flexibility index (Phi) is 5.47. The first-order valence-electron chi connectivity index (χ1n) is 7.07. The number of benzene rings is 2. The highest BCUT2D eigenvalue weighted by molar-refractivity contribution is 6.04. The smallest absolute Gasteiger partial charge is 0.261 e. The first-order valence-corrected chi connectivity index (χ1v) is 7.07. The van der Waals surface area contributed by atoms with Crippen LogP contribution in [0, 0.1) is 11.6 Å². The molecule has 0 saturated heterocycles. The lowest BCUT2D eigenvalue weighted by Crippen LogP contribution is -2.27. The van der Waals surface area contributed by atoms with E-state index in [0.717, 1.165) is 12.1 Å². The van der Waals surface area contributed by atoms with Gasteiger partial charge < -0.3 is 15.0 Å². The number of amides is 2. The topological polar surface area (TPSA) is 58.6 Å². The first-order chi connectivity index (χ1) is 11.4. The van der Waals surface area contributed by atoms with E-state index in [1.54, 1.807) is 14.1 Å². The van der Waals surface area contributed by atoms with E-state index in [1.807, 2.05) is 0 Å². The fraction of sp³-hybridized carbons (Fsp3) is 0.176. The molecule has 1 N–H and O–H groups in total. The van der Waals surface area contributed by atoms with Gasteiger partial charge >= 0.3 is 0 Å². The fourth-order valence-corrected chi connectivity index (χ4v) is 1.82. The minimum Gasteiger partial charge on any atom is -0.484 e. The molecule has 2 aromatic carbocycles. The molecule has 5 nitrogen and oxygen atoms in total. The molecule has 0 atom stereocenters. The van der Waals surface area contributed by atoms with Crippen LogP contribution in [0.4, 0.5) is 14.5 Å². The average molecular weight is 334 g/mol. The largest absolute Gasteiger partial charge is 0.484 e. The van der Waals surface area contributed by atoms with E-state index >= 15 is 0 Å². The number of hydrogen-bond donors (Lipinski definition) is 1. The van der Waals surface area contributed by atoms with Crippen molar-refractivity contribution in [3.8, 4) is 5.75 Å². The molecule has 2 aromatic rings. The zero-order chi connectivity index (χ0) is 17.7. The van der Waals surface area contributed by atoms with Crippen molar-refractivity contribution in [1.29, 1.82) is 0 Å². The lowest BCUT2D eigenvalue weighted by atomic mass is 10.2. The number of carbonyl (C=O) groups is 2. The second-order valence-corrected chi connectivity index (χ2v) is 5.15. The summed E-state index contributed by atoms with van der Waals surface area (Å²) in [5, 5.41) is 2.40. The van der Waals surface area contributed by atoms with E-state index in [0.29, 0.717) is 11.4 Å². The Hall–Kier alpha value is -2.96. The first kappa shape index (κ1) is 17.4. The molecule has 2 rings (SSSR count). The van der Waals surface area contributed by atoms with Crippen LogP contribution in [0.1, 0.15) is 10.4 Å². The highest BCUT2D eigenvalue weighted by atomic mass is 19.1. The van der Waals surface area contributed by atoms with Crippen molar-refractivity contribution < 1.29 is 23.1 Å². The van der Waals surface area contributed by atoms with Crippen LogP contribution in [0.5, 0.6) is 5.75 Å². The summed E-state index contributed by atoms with van der Waals surface area (Å²) in [5.41, 5.74) is -0.302. The molecule has 0 aromatic heterocycles. The van der Waals surface area contributed by atoms with Gasteiger partial charge in [-0.2, -0.15) is 0 Å². The Morgan fingerprint density at radius 2 is 1.62 bits per heavy atom. The number of anilines is 1. The van der Waals surface area contributed by atoms with E-state index < -0.39 is 23.1 Å². The van der Waals surface area contributed by atoms with Crippen molar-refractivity contribution in [1.82, 2.24) is 4.90 Å². The van der Waals surface area contributed by atoms with Gasteiger partial charge in [-0.15, -0.1) is 0 Å². The van der Waals surface area contributed by atoms with E-state index in [1.165, 1.54) is 35.2 Å². The number of rotatable bonds is 5. The van der Waals surface area contributed by atoms with Gasteiger partial charge in [0.25, 0.3) is 11.8 Å². The molecule has 0 bridgehead atoms. The third kappa shape index (κ3) is 4.28. The molecular formula is C17H16F2N2O3. The lowest BCUT2D eigenvalue weighted by molar-refractivity contribution is -0.130. The predicted octanol–water partition coefficient (Wildman–Crippen LogP) is 2.68. The normalized spacial score (nSPS) is 10.2. The number of halogens is 2. The highest BCUT2D eigenvalue weighted by Crippen LogP contribution is 2.18. The molecule has 0 heterocycles. The zero-order valence-electron chi connectivity index (χ0n) is 13.2. The minimum absolute atomic E-state index is 0.112. The second kappa shape index (κ2) is 7.54. The van der Waals surface area contributed by atoms with Gasteiger partial charge in [-0.3, -0.25) is 9.59 Å². The SMILES string of the molecule is CN(C)C(=O)COc1ccc(NC(=O)c2c(F)cccc2F)cc1. The van der Waals surface area contributed by atoms with Crippen LogP contribution in [-0.4, -0.2) is 37.4 Å². The van der Waals surface area contributed by atoms with Gasteiger partial charge in [-0.25, -0.2) is 8.78 Å². The van der Waals surface area contributed by atoms with Crippen molar-refractivity contribution in [3.05, 3.63) is 59.7 Å². The summed E-state index contributed by atoms with van der Waals surface area (Å²) in [7, 11) is 3.23. The Morgan fingerprint density at radius 3 is 2.17 bits per heavy atom. The van der Waals surface area contributed by atoms with Crippen molar-refractivity contribution in [2.24, 2.45) is 0 Å². The maximum Gasteiger partial charge on any atom is 0.261 e. The van der Waals surface area contributed by atoms with Crippen molar-refractivity contribution >= 4 is 17.5 Å². The number of nitrogens with one attached hydrogen (secondary N) is 1. The summed E-state index contributed by atoms with van der Waals surface area (Å²) in [6.07, 6.45) is 0. The maximum atomic E-state index is 13.6. The number of nitrogens with zero attached hydrogens (tertiary/aromatic N) is 1. The number of ether oxygens (including phenoxy) is 1. The molecule has 0 aliphatic carbocycles. The quantitative estimate of drug-likeness (QED) is 0.915. The van der Waals surface area contributed by atoms with Crippen molar-refractivity contribution in [2.45, 2.75) is 0 Å². The van der Waals surface area contributed by atoms with Crippen molar-refractivity contribution in [3.63, 3.8) is 0 Å². The summed E-state index contributed by atoms with van der Waals surface area (Å²) < 4.78 is 32.4. The lowest BCUT2D eigenvalue weighted by Gasteiger charge is -2.12. The summed E-state index contributed by atoms with van der Waals surface area (Å²) in [5.74, 6) is -2.52. The molecule has 2 amide bonds. The molecule has 0 aliphatic heterocycles. The van der Waals surface area contributed by atoms with Gasteiger partial charge in [0.05, 0.1) is 0 Å². The Bertz CT molecular complexity index is 726. The van der Waals surface area contributed by atoms with Gasteiger partial charge in [0.2, 0.25) is 0 Å². The van der Waals surface area contributed by atoms with Gasteiger partial charge in [-0.1, -0.05) is 6.07 Å². The van der Waals surface area contributed by atoms with E-state index in [4.69, 9.17) is 4.74 Å². The number of carbonyl (C=O) groups excluding carboxylic acids is 2. The summed E-state index contributed by atoms with van der Waals surface area (Å²) >= 11 is 0. The van der Waals surface area contributed by atoms with Gasteiger partial charge in [0.1, 0.15) is 22.9 Å². The monoisotopic (exact) mass is 334 g/mol. The zero-order valence-corrected chi connectivity index (χ0v) is 13.2.